The van der Waals surface area contributed by atoms with Gasteiger partial charge in [0.1, 0.15) is 5.75 Å². The molecule has 1 aromatic carbocycles. The number of fused-ring (bicyclic) bond motifs is 1. The van der Waals surface area contributed by atoms with Crippen LogP contribution in [0.3, 0.4) is 0 Å². The van der Waals surface area contributed by atoms with Crippen molar-refractivity contribution in [2.24, 2.45) is 17.8 Å². The van der Waals surface area contributed by atoms with E-state index in [-0.39, 0.29) is 49.7 Å². The maximum absolute atomic E-state index is 13.7. The number of aliphatic hydroxyl groups excluding tert-OH is 3. The van der Waals surface area contributed by atoms with Gasteiger partial charge in [0.2, 0.25) is 11.8 Å². The van der Waals surface area contributed by atoms with Gasteiger partial charge in [0.05, 0.1) is 36.8 Å². The first-order valence-electron chi connectivity index (χ1n) is 14.3. The predicted molar refractivity (Wildman–Crippen MR) is 150 cm³/mol. The number of likely N-dealkylation sites (tertiary alicyclic amines) is 1. The summed E-state index contributed by atoms with van der Waals surface area (Å²) < 4.78 is 0. The maximum Gasteiger partial charge on any atom is 0.234 e. The van der Waals surface area contributed by atoms with Crippen LogP contribution in [0.4, 0.5) is 0 Å². The zero-order valence-electron chi connectivity index (χ0n) is 22.7. The Bertz CT molecular complexity index is 1280. The third kappa shape index (κ3) is 5.61. The highest BCUT2D eigenvalue weighted by Crippen LogP contribution is 2.47. The molecule has 3 aliphatic rings. The Morgan fingerprint density at radius 3 is 2.52 bits per heavy atom. The predicted octanol–water partition coefficient (Wildman–Crippen LogP) is 3.70. The number of amides is 2. The second-order valence-corrected chi connectivity index (χ2v) is 11.2. The minimum atomic E-state index is -1.02. The van der Waals surface area contributed by atoms with Crippen molar-refractivity contribution in [2.75, 3.05) is 13.2 Å². The molecule has 212 valence electrons. The standard InChI is InChI=1S/C32H38N2O6/c35-18-22-17-25-30(32(40)34(31(25)39)23-8-2-1-3-9-23)26(19-36)29(22)28(38)13-12-21(27-11-4-5-14-33-27)15-20-7-6-10-24(37)16-20/h4-7,10-11,14-16,23,25-26,28,30,35-38H,1-3,8-9,12-13,17-19H2/b21-15-/t25-,26+,28-,30-/m1/s1. The molecule has 2 aliphatic carbocycles. The molecule has 2 amide bonds. The fraction of sp³-hybridized carbons (Fsp3) is 0.469. The lowest BCUT2D eigenvalue weighted by Crippen LogP contribution is -2.42. The molecule has 2 aromatic rings. The van der Waals surface area contributed by atoms with Crippen molar-refractivity contribution in [1.82, 2.24) is 9.88 Å². The molecular weight excluding hydrogens is 508 g/mol. The molecule has 2 heterocycles. The summed E-state index contributed by atoms with van der Waals surface area (Å²) in [4.78, 5) is 33.0. The van der Waals surface area contributed by atoms with Gasteiger partial charge in [0, 0.05) is 18.2 Å². The van der Waals surface area contributed by atoms with Crippen LogP contribution < -0.4 is 0 Å². The zero-order valence-corrected chi connectivity index (χ0v) is 22.7. The van der Waals surface area contributed by atoms with Gasteiger partial charge in [-0.1, -0.05) is 37.5 Å². The average molecular weight is 547 g/mol. The SMILES string of the molecule is O=C1[C@@H]2[C@@H](CC(CO)=C([C@H](O)CC/C(=C/c3cccc(O)c3)c3ccccn3)[C@@H]2CO)C(=O)N1C1CCCCC1. The van der Waals surface area contributed by atoms with E-state index in [0.717, 1.165) is 48.9 Å². The van der Waals surface area contributed by atoms with Gasteiger partial charge in [-0.2, -0.15) is 0 Å². The van der Waals surface area contributed by atoms with Gasteiger partial charge in [-0.15, -0.1) is 0 Å². The number of carbonyl (C=O) groups excluding carboxylic acids is 2. The van der Waals surface area contributed by atoms with E-state index in [1.165, 1.54) is 4.90 Å². The van der Waals surface area contributed by atoms with Crippen LogP contribution in [0.5, 0.6) is 5.75 Å². The number of hydrogen-bond donors (Lipinski definition) is 4. The Balaban J connectivity index is 1.40. The molecule has 1 saturated heterocycles. The second kappa shape index (κ2) is 12.5. The molecule has 0 radical (unpaired) electrons. The van der Waals surface area contributed by atoms with Gasteiger partial charge in [-0.3, -0.25) is 19.5 Å². The van der Waals surface area contributed by atoms with Crippen molar-refractivity contribution in [3.63, 3.8) is 0 Å². The average Bonchev–Trinajstić information content (AvgIpc) is 3.23. The van der Waals surface area contributed by atoms with Crippen molar-refractivity contribution >= 4 is 23.5 Å². The van der Waals surface area contributed by atoms with Crippen LogP contribution in [0, 0.1) is 17.8 Å². The number of benzene rings is 1. The molecule has 0 unspecified atom stereocenters. The maximum atomic E-state index is 13.7. The number of carbonyl (C=O) groups is 2. The first kappa shape index (κ1) is 28.2. The normalized spacial score (nSPS) is 24.9. The minimum absolute atomic E-state index is 0.104. The smallest absolute Gasteiger partial charge is 0.234 e. The molecule has 2 fully saturated rings. The van der Waals surface area contributed by atoms with Crippen LogP contribution in [-0.2, 0) is 9.59 Å². The van der Waals surface area contributed by atoms with E-state index in [1.807, 2.05) is 30.3 Å². The molecule has 5 rings (SSSR count). The van der Waals surface area contributed by atoms with Gasteiger partial charge < -0.3 is 20.4 Å². The third-order valence-corrected chi connectivity index (χ3v) is 8.80. The van der Waals surface area contributed by atoms with Gasteiger partial charge in [0.25, 0.3) is 0 Å². The zero-order chi connectivity index (χ0) is 28.2. The summed E-state index contributed by atoms with van der Waals surface area (Å²) >= 11 is 0. The second-order valence-electron chi connectivity index (χ2n) is 11.2. The van der Waals surface area contributed by atoms with Crippen molar-refractivity contribution in [3.05, 3.63) is 71.1 Å². The van der Waals surface area contributed by atoms with E-state index < -0.39 is 23.9 Å². The lowest BCUT2D eigenvalue weighted by Gasteiger charge is -2.36. The van der Waals surface area contributed by atoms with Crippen LogP contribution in [-0.4, -0.2) is 67.5 Å². The number of phenols is 1. The quantitative estimate of drug-likeness (QED) is 0.279. The molecular formula is C32H38N2O6. The first-order chi connectivity index (χ1) is 19.4. The topological polar surface area (TPSA) is 131 Å². The molecule has 8 heteroatoms. The van der Waals surface area contributed by atoms with Crippen LogP contribution in [0.25, 0.3) is 11.6 Å². The number of imide groups is 1. The molecule has 0 spiro atoms. The highest BCUT2D eigenvalue weighted by Gasteiger charge is 2.56. The lowest BCUT2D eigenvalue weighted by molar-refractivity contribution is -0.143. The minimum Gasteiger partial charge on any atom is -0.508 e. The van der Waals surface area contributed by atoms with Gasteiger partial charge in [0.15, 0.2) is 0 Å². The molecule has 40 heavy (non-hydrogen) atoms. The Morgan fingerprint density at radius 1 is 1.05 bits per heavy atom. The van der Waals surface area contributed by atoms with Crippen molar-refractivity contribution in [2.45, 2.75) is 63.5 Å². The van der Waals surface area contributed by atoms with E-state index in [4.69, 9.17) is 0 Å². The van der Waals surface area contributed by atoms with E-state index in [1.54, 1.807) is 24.4 Å². The first-order valence-corrected chi connectivity index (χ1v) is 14.3. The number of phenolic OH excluding ortho intramolecular Hbond substituents is 1. The molecule has 0 bridgehead atoms. The number of rotatable bonds is 9. The Labute approximate surface area is 234 Å². The summed E-state index contributed by atoms with van der Waals surface area (Å²) in [5, 5.41) is 42.2. The van der Waals surface area contributed by atoms with E-state index in [2.05, 4.69) is 4.98 Å². The fourth-order valence-electron chi connectivity index (χ4n) is 6.92. The molecule has 1 saturated carbocycles. The molecule has 8 nitrogen and oxygen atoms in total. The van der Waals surface area contributed by atoms with Crippen molar-refractivity contribution in [1.29, 1.82) is 0 Å². The van der Waals surface area contributed by atoms with Crippen LogP contribution in [0.15, 0.2) is 59.8 Å². The fourth-order valence-corrected chi connectivity index (χ4v) is 6.92. The monoisotopic (exact) mass is 546 g/mol. The summed E-state index contributed by atoms with van der Waals surface area (Å²) in [5.41, 5.74) is 3.39. The summed E-state index contributed by atoms with van der Waals surface area (Å²) in [6.07, 6.45) is 8.16. The van der Waals surface area contributed by atoms with Crippen molar-refractivity contribution in [3.8, 4) is 5.75 Å². The van der Waals surface area contributed by atoms with Gasteiger partial charge in [-0.05, 0) is 84.7 Å². The highest BCUT2D eigenvalue weighted by atomic mass is 16.3. The number of aliphatic hydroxyl groups is 3. The summed E-state index contributed by atoms with van der Waals surface area (Å²) in [5.74, 6) is -2.37. The third-order valence-electron chi connectivity index (χ3n) is 8.80. The number of hydrogen-bond acceptors (Lipinski definition) is 7. The van der Waals surface area contributed by atoms with Crippen LogP contribution in [0.2, 0.25) is 0 Å². The number of nitrogens with zero attached hydrogens (tertiary/aromatic N) is 2. The Morgan fingerprint density at radius 2 is 1.85 bits per heavy atom. The number of allylic oxidation sites excluding steroid dienone is 1. The molecule has 1 aliphatic heterocycles. The van der Waals surface area contributed by atoms with Crippen LogP contribution in [0.1, 0.15) is 62.6 Å². The summed E-state index contributed by atoms with van der Waals surface area (Å²) in [7, 11) is 0. The van der Waals surface area contributed by atoms with E-state index >= 15 is 0 Å². The Hall–Kier alpha value is -3.33. The van der Waals surface area contributed by atoms with Crippen molar-refractivity contribution < 1.29 is 30.0 Å². The summed E-state index contributed by atoms with van der Waals surface area (Å²) in [6, 6.07) is 12.3. The molecule has 1 aromatic heterocycles. The van der Waals surface area contributed by atoms with E-state index in [9.17, 15) is 30.0 Å². The number of pyridine rings is 1. The van der Waals surface area contributed by atoms with Gasteiger partial charge in [-0.25, -0.2) is 0 Å². The summed E-state index contributed by atoms with van der Waals surface area (Å²) in [6.45, 7) is -0.732. The number of aromatic nitrogens is 1. The molecule has 4 N–H and O–H groups in total. The highest BCUT2D eigenvalue weighted by molar-refractivity contribution is 6.06. The Kier molecular flexibility index (Phi) is 8.78. The van der Waals surface area contributed by atoms with Gasteiger partial charge >= 0.3 is 0 Å². The largest absolute Gasteiger partial charge is 0.508 e. The van der Waals surface area contributed by atoms with Crippen LogP contribution >= 0.6 is 0 Å². The lowest BCUT2D eigenvalue weighted by atomic mass is 9.68. The number of aromatic hydroxyl groups is 1. The van der Waals surface area contributed by atoms with E-state index in [0.29, 0.717) is 17.6 Å². The molecule has 4 atom stereocenters.